The number of ether oxygens (including phenoxy) is 4. The van der Waals surface area contributed by atoms with E-state index in [1.54, 1.807) is 19.1 Å². The Bertz CT molecular complexity index is 2650. The van der Waals surface area contributed by atoms with Crippen LogP contribution in [0.4, 0.5) is 10.1 Å². The molecule has 0 radical (unpaired) electrons. The Morgan fingerprint density at radius 3 is 2.46 bits per heavy atom. The van der Waals surface area contributed by atoms with Crippen LogP contribution in [-0.2, 0) is 30.3 Å². The molecule has 1 unspecified atom stereocenters. The maximum atomic E-state index is 16.2. The van der Waals surface area contributed by atoms with Crippen molar-refractivity contribution in [1.29, 1.82) is 0 Å². The number of allylic oxidation sites excluding steroid dienone is 4. The lowest BCUT2D eigenvalue weighted by atomic mass is 9.46. The van der Waals surface area contributed by atoms with Crippen molar-refractivity contribution in [3.05, 3.63) is 79.8 Å². The van der Waals surface area contributed by atoms with E-state index in [4.69, 9.17) is 27.8 Å². The fourth-order valence-electron chi connectivity index (χ4n) is 12.8. The van der Waals surface area contributed by atoms with E-state index in [-0.39, 0.29) is 103 Å². The van der Waals surface area contributed by atoms with Gasteiger partial charge in [0.25, 0.3) is 0 Å². The molecule has 2 aromatic heterocycles. The average Bonchev–Trinajstić information content (AvgIpc) is 4.04. The second-order valence-electron chi connectivity index (χ2n) is 20.3. The number of piperazine rings is 1. The normalized spacial score (nSPS) is 30.2. The first kappa shape index (κ1) is 48.1. The summed E-state index contributed by atoms with van der Waals surface area (Å²) in [4.78, 5) is 68.7. The van der Waals surface area contributed by atoms with Crippen molar-refractivity contribution in [3.8, 4) is 5.75 Å². The van der Waals surface area contributed by atoms with Gasteiger partial charge in [0, 0.05) is 67.7 Å². The lowest BCUT2D eigenvalue weighted by Gasteiger charge is -2.59. The molecular formula is C51H64FN3O13. The van der Waals surface area contributed by atoms with Gasteiger partial charge in [0.15, 0.2) is 28.9 Å². The van der Waals surface area contributed by atoms with Crippen LogP contribution in [0, 0.1) is 41.3 Å². The van der Waals surface area contributed by atoms with Gasteiger partial charge in [0.2, 0.25) is 5.43 Å². The molecule has 5 aliphatic carbocycles. The lowest BCUT2D eigenvalue weighted by Crippen LogP contribution is -2.61. The summed E-state index contributed by atoms with van der Waals surface area (Å²) in [6.45, 7) is 10.1. The SMILES string of the molecule is COc1c(N2CCN(Cc3oc(=O)oc3C)C(C)C2)c(F)cc2c(=O)c(C(=O)OCCOCCOCCCC(=O)[C@]3(O)CC[C@@H]4[C@H]5CCC6=CC(=O)C=C[C@@]6(C)[C@@H]5[C@H](O)C[C@]43C)cn(C3CC3)c12. The molecule has 0 amide bonds. The number of aliphatic hydroxyl groups excluding tert-OH is 1. The van der Waals surface area contributed by atoms with Crippen LogP contribution >= 0.6 is 0 Å². The first-order valence-corrected chi connectivity index (χ1v) is 24.2. The van der Waals surface area contributed by atoms with E-state index in [0.29, 0.717) is 68.9 Å². The number of esters is 1. The van der Waals surface area contributed by atoms with Gasteiger partial charge < -0.3 is 47.5 Å². The molecule has 5 fully saturated rings. The van der Waals surface area contributed by atoms with E-state index in [2.05, 4.69) is 11.8 Å². The smallest absolute Gasteiger partial charge is 0.492 e. The molecule has 3 aromatic rings. The number of fused-ring (bicyclic) bond motifs is 6. The summed E-state index contributed by atoms with van der Waals surface area (Å²) in [6, 6.07) is 1.10. The maximum Gasteiger partial charge on any atom is 0.519 e. The van der Waals surface area contributed by atoms with Crippen LogP contribution in [0.25, 0.3) is 10.9 Å². The molecule has 2 N–H and O–H groups in total. The third-order valence-corrected chi connectivity index (χ3v) is 16.5. The Morgan fingerprint density at radius 1 is 1.00 bits per heavy atom. The van der Waals surface area contributed by atoms with Crippen LogP contribution in [0.1, 0.15) is 106 Å². The van der Waals surface area contributed by atoms with Gasteiger partial charge in [-0.1, -0.05) is 25.5 Å². The third-order valence-electron chi connectivity index (χ3n) is 16.5. The number of nitrogens with zero attached hydrogens (tertiary/aromatic N) is 3. The highest BCUT2D eigenvalue weighted by atomic mass is 19.1. The molecule has 368 valence electrons. The molecule has 1 saturated heterocycles. The highest BCUT2D eigenvalue weighted by Gasteiger charge is 2.68. The fraction of sp³-hybridized carbons (Fsp3) is 0.627. The minimum absolute atomic E-state index is 0.0132. The topological polar surface area (TPSA) is 200 Å². The number of carbonyl (C=O) groups is 3. The van der Waals surface area contributed by atoms with Crippen molar-refractivity contribution in [3.63, 3.8) is 0 Å². The molecule has 4 saturated carbocycles. The zero-order valence-corrected chi connectivity index (χ0v) is 39.7. The zero-order chi connectivity index (χ0) is 48.3. The summed E-state index contributed by atoms with van der Waals surface area (Å²) >= 11 is 0. The third kappa shape index (κ3) is 8.49. The molecule has 16 nitrogen and oxygen atoms in total. The molecule has 3 heterocycles. The van der Waals surface area contributed by atoms with E-state index in [9.17, 15) is 34.2 Å². The number of benzene rings is 1. The summed E-state index contributed by atoms with van der Waals surface area (Å²) in [5.41, 5.74) is -1.88. The van der Waals surface area contributed by atoms with Crippen molar-refractivity contribution in [1.82, 2.24) is 9.47 Å². The molecule has 0 bridgehead atoms. The number of aryl methyl sites for hydroxylation is 1. The number of hydrogen-bond acceptors (Lipinski definition) is 15. The van der Waals surface area contributed by atoms with Crippen molar-refractivity contribution in [2.24, 2.45) is 28.6 Å². The van der Waals surface area contributed by atoms with Gasteiger partial charge in [-0.2, -0.15) is 0 Å². The van der Waals surface area contributed by atoms with Crippen LogP contribution in [0.2, 0.25) is 0 Å². The number of anilines is 1. The summed E-state index contributed by atoms with van der Waals surface area (Å²) in [5, 5.41) is 23.7. The number of hydrogen-bond donors (Lipinski definition) is 2. The van der Waals surface area contributed by atoms with Gasteiger partial charge in [0.05, 0.1) is 50.5 Å². The number of halogens is 1. The van der Waals surface area contributed by atoms with Crippen molar-refractivity contribution in [2.45, 2.75) is 116 Å². The minimum Gasteiger partial charge on any atom is -0.492 e. The van der Waals surface area contributed by atoms with Crippen LogP contribution in [0.5, 0.6) is 5.75 Å². The van der Waals surface area contributed by atoms with E-state index < -0.39 is 45.6 Å². The largest absolute Gasteiger partial charge is 0.519 e. The van der Waals surface area contributed by atoms with Crippen LogP contribution in [0.3, 0.4) is 0 Å². The summed E-state index contributed by atoms with van der Waals surface area (Å²) in [7, 11) is 1.44. The van der Waals surface area contributed by atoms with Gasteiger partial charge in [-0.05, 0) is 95.3 Å². The number of pyridine rings is 1. The van der Waals surface area contributed by atoms with Gasteiger partial charge in [-0.25, -0.2) is 14.0 Å². The van der Waals surface area contributed by atoms with E-state index in [1.165, 1.54) is 19.4 Å². The Morgan fingerprint density at radius 2 is 1.75 bits per heavy atom. The summed E-state index contributed by atoms with van der Waals surface area (Å²) < 4.78 is 50.9. The molecule has 6 aliphatic rings. The standard InChI is InChI=1S/C51H64FN3O13/c1-29-26-54(17-16-53(29)28-40-30(2)67-48(61)68-40)44-38(52)24-35-43(46(44)63-5)55(32-9-10-32)27-36(45(35)59)47(60)66-22-21-65-20-19-64-18-6-7-41(58)51(62)15-13-37-34-11-8-31-23-33(56)12-14-49(31,3)42(34)39(57)25-50(37,51)4/h12,14,23-24,27,29,32,34,37,39,42,57,62H,6-11,13,15-22,25-26,28H2,1-5H3/t29?,34-,37-,39-,42+,49-,50-,51-/m1/s1. The predicted octanol–water partition coefficient (Wildman–Crippen LogP) is 5.60. The monoisotopic (exact) mass is 945 g/mol. The van der Waals surface area contributed by atoms with Gasteiger partial charge in [-0.15, -0.1) is 0 Å². The van der Waals surface area contributed by atoms with Crippen LogP contribution in [0.15, 0.2) is 54.5 Å². The highest BCUT2D eigenvalue weighted by Crippen LogP contribution is 2.67. The first-order chi connectivity index (χ1) is 32.5. The first-order valence-electron chi connectivity index (χ1n) is 24.2. The number of methoxy groups -OCH3 is 1. The number of Topliss-reactive ketones (excluding diaryl/α,β-unsaturated/α-hetero) is 1. The molecular weight excluding hydrogens is 882 g/mol. The zero-order valence-electron chi connectivity index (χ0n) is 39.7. The Hall–Kier alpha value is -4.94. The highest BCUT2D eigenvalue weighted by molar-refractivity contribution is 6.01. The van der Waals surface area contributed by atoms with Crippen molar-refractivity contribution < 1.29 is 56.8 Å². The molecule has 68 heavy (non-hydrogen) atoms. The van der Waals surface area contributed by atoms with Crippen molar-refractivity contribution >= 4 is 34.1 Å². The minimum atomic E-state index is -1.54. The van der Waals surface area contributed by atoms with E-state index in [0.717, 1.165) is 31.3 Å². The predicted molar refractivity (Wildman–Crippen MR) is 246 cm³/mol. The number of rotatable bonds is 17. The van der Waals surface area contributed by atoms with Crippen LogP contribution in [-0.4, -0.2) is 115 Å². The van der Waals surface area contributed by atoms with E-state index in [1.807, 2.05) is 29.4 Å². The molecule has 8 atom stereocenters. The van der Waals surface area contributed by atoms with Crippen LogP contribution < -0.4 is 20.9 Å². The molecule has 9 rings (SSSR count). The Kier molecular flexibility index (Phi) is 13.3. The Balaban J connectivity index is 0.739. The van der Waals surface area contributed by atoms with Gasteiger partial charge in [0.1, 0.15) is 29.2 Å². The molecule has 1 aromatic carbocycles. The quantitative estimate of drug-likeness (QED) is 0.125. The van der Waals surface area contributed by atoms with Crippen molar-refractivity contribution in [2.75, 3.05) is 64.7 Å². The van der Waals surface area contributed by atoms with E-state index >= 15 is 4.39 Å². The fourth-order valence-corrected chi connectivity index (χ4v) is 12.8. The number of aromatic nitrogens is 1. The average molecular weight is 946 g/mol. The summed E-state index contributed by atoms with van der Waals surface area (Å²) in [5.74, 6) is -1.27. The molecule has 17 heteroatoms. The summed E-state index contributed by atoms with van der Waals surface area (Å²) in [6.07, 6.45) is 11.2. The van der Waals surface area contributed by atoms with Gasteiger partial charge >= 0.3 is 11.8 Å². The second kappa shape index (κ2) is 18.8. The molecule has 1 aliphatic heterocycles. The van der Waals surface area contributed by atoms with Gasteiger partial charge in [-0.3, -0.25) is 19.3 Å². The maximum absolute atomic E-state index is 16.2. The number of ketones is 2. The molecule has 0 spiro atoms. The number of aliphatic hydroxyl groups is 2. The lowest BCUT2D eigenvalue weighted by molar-refractivity contribution is -0.176. The Labute approximate surface area is 394 Å². The number of carbonyl (C=O) groups excluding carboxylic acids is 3. The second-order valence-corrected chi connectivity index (χ2v) is 20.3.